The topological polar surface area (TPSA) is 33.3 Å². The predicted molar refractivity (Wildman–Crippen MR) is 83.7 cm³/mol. The van der Waals surface area contributed by atoms with Gasteiger partial charge in [-0.2, -0.15) is 0 Å². The molecule has 0 saturated heterocycles. The standard InChI is InChI=1S/C17H21FN2O/c1-2-3-9-21-17-11-14(10-15(18)12-17)13-19-20-16-7-5-4-6-8-16/h4-8,10-12,19-20H,2-3,9,13H2,1H3. The van der Waals surface area contributed by atoms with Crippen molar-refractivity contribution in [1.82, 2.24) is 5.43 Å². The number of halogens is 1. The molecule has 0 aliphatic heterocycles. The number of hydrogen-bond donors (Lipinski definition) is 2. The van der Waals surface area contributed by atoms with Gasteiger partial charge in [0.15, 0.2) is 0 Å². The van der Waals surface area contributed by atoms with Crippen molar-refractivity contribution in [1.29, 1.82) is 0 Å². The number of hydrazine groups is 1. The van der Waals surface area contributed by atoms with Crippen LogP contribution in [0.5, 0.6) is 5.75 Å². The van der Waals surface area contributed by atoms with Gasteiger partial charge in [0.1, 0.15) is 11.6 Å². The average Bonchev–Trinajstić information content (AvgIpc) is 2.48. The molecule has 0 radical (unpaired) electrons. The molecule has 0 heterocycles. The van der Waals surface area contributed by atoms with Crippen LogP contribution >= 0.6 is 0 Å². The number of benzene rings is 2. The van der Waals surface area contributed by atoms with Crippen LogP contribution in [0.25, 0.3) is 0 Å². The van der Waals surface area contributed by atoms with Gasteiger partial charge in [0.2, 0.25) is 0 Å². The van der Waals surface area contributed by atoms with Gasteiger partial charge in [0.05, 0.1) is 6.61 Å². The van der Waals surface area contributed by atoms with Crippen molar-refractivity contribution in [3.05, 3.63) is 59.9 Å². The molecule has 0 unspecified atom stereocenters. The lowest BCUT2D eigenvalue weighted by Crippen LogP contribution is -2.20. The second kappa shape index (κ2) is 8.27. The van der Waals surface area contributed by atoms with Crippen LogP contribution in [0.4, 0.5) is 10.1 Å². The summed E-state index contributed by atoms with van der Waals surface area (Å²) in [6, 6.07) is 14.6. The zero-order valence-electron chi connectivity index (χ0n) is 12.2. The number of unbranched alkanes of at least 4 members (excludes halogenated alkanes) is 1. The Morgan fingerprint density at radius 3 is 2.67 bits per heavy atom. The lowest BCUT2D eigenvalue weighted by atomic mass is 10.2. The van der Waals surface area contributed by atoms with Crippen LogP contribution in [0.15, 0.2) is 48.5 Å². The third kappa shape index (κ3) is 5.44. The lowest BCUT2D eigenvalue weighted by molar-refractivity contribution is 0.307. The SMILES string of the molecule is CCCCOc1cc(F)cc(CNNc2ccccc2)c1. The highest BCUT2D eigenvalue weighted by molar-refractivity contribution is 5.41. The van der Waals surface area contributed by atoms with Gasteiger partial charge in [0.25, 0.3) is 0 Å². The van der Waals surface area contributed by atoms with E-state index >= 15 is 0 Å². The molecule has 0 aliphatic carbocycles. The molecule has 2 N–H and O–H groups in total. The minimum Gasteiger partial charge on any atom is -0.493 e. The molecule has 0 aromatic heterocycles. The molecule has 112 valence electrons. The van der Waals surface area contributed by atoms with Crippen LogP contribution in [-0.4, -0.2) is 6.61 Å². The molecule has 0 saturated carbocycles. The van der Waals surface area contributed by atoms with Crippen LogP contribution in [-0.2, 0) is 6.54 Å². The monoisotopic (exact) mass is 288 g/mol. The van der Waals surface area contributed by atoms with Crippen LogP contribution in [0.3, 0.4) is 0 Å². The first-order chi connectivity index (χ1) is 10.3. The van der Waals surface area contributed by atoms with Gasteiger partial charge >= 0.3 is 0 Å². The van der Waals surface area contributed by atoms with Crippen LogP contribution in [0.1, 0.15) is 25.3 Å². The van der Waals surface area contributed by atoms with E-state index in [0.29, 0.717) is 18.9 Å². The number of nitrogens with one attached hydrogen (secondary N) is 2. The maximum absolute atomic E-state index is 13.6. The highest BCUT2D eigenvalue weighted by atomic mass is 19.1. The van der Waals surface area contributed by atoms with E-state index in [4.69, 9.17) is 4.74 Å². The van der Waals surface area contributed by atoms with E-state index in [9.17, 15) is 4.39 Å². The van der Waals surface area contributed by atoms with Crippen LogP contribution in [0, 0.1) is 5.82 Å². The van der Waals surface area contributed by atoms with Gasteiger partial charge in [-0.05, 0) is 36.2 Å². The summed E-state index contributed by atoms with van der Waals surface area (Å²) in [5, 5.41) is 0. The Bertz CT molecular complexity index is 546. The largest absolute Gasteiger partial charge is 0.493 e. The summed E-state index contributed by atoms with van der Waals surface area (Å²) in [5.41, 5.74) is 7.94. The zero-order chi connectivity index (χ0) is 14.9. The van der Waals surface area contributed by atoms with Crippen molar-refractivity contribution in [3.8, 4) is 5.75 Å². The molecule has 0 spiro atoms. The van der Waals surface area contributed by atoms with Crippen LogP contribution in [0.2, 0.25) is 0 Å². The minimum atomic E-state index is -0.277. The quantitative estimate of drug-likeness (QED) is 0.566. The van der Waals surface area contributed by atoms with Crippen molar-refractivity contribution < 1.29 is 9.13 Å². The molecule has 3 nitrogen and oxygen atoms in total. The molecular formula is C17H21FN2O. The van der Waals surface area contributed by atoms with E-state index < -0.39 is 0 Å². The number of hydrogen-bond acceptors (Lipinski definition) is 3. The fourth-order valence-electron chi connectivity index (χ4n) is 1.91. The second-order valence-corrected chi connectivity index (χ2v) is 4.84. The van der Waals surface area contributed by atoms with Crippen molar-refractivity contribution in [2.24, 2.45) is 0 Å². The van der Waals surface area contributed by atoms with Gasteiger partial charge in [0, 0.05) is 18.3 Å². The first-order valence-electron chi connectivity index (χ1n) is 7.24. The molecule has 0 amide bonds. The van der Waals surface area contributed by atoms with Gasteiger partial charge in [-0.25, -0.2) is 9.82 Å². The molecule has 21 heavy (non-hydrogen) atoms. The summed E-state index contributed by atoms with van der Waals surface area (Å²) in [6.45, 7) is 3.23. The number of ether oxygens (including phenoxy) is 1. The Kier molecular flexibility index (Phi) is 6.03. The Balaban J connectivity index is 1.87. The Morgan fingerprint density at radius 1 is 1.10 bits per heavy atom. The molecule has 0 aliphatic rings. The predicted octanol–water partition coefficient (Wildman–Crippen LogP) is 4.12. The summed E-state index contributed by atoms with van der Waals surface area (Å²) in [7, 11) is 0. The molecule has 2 rings (SSSR count). The first kappa shape index (κ1) is 15.3. The number of rotatable bonds is 8. The summed E-state index contributed by atoms with van der Waals surface area (Å²) in [5.74, 6) is 0.306. The zero-order valence-corrected chi connectivity index (χ0v) is 12.2. The molecule has 0 fully saturated rings. The number of anilines is 1. The van der Waals surface area contributed by atoms with Gasteiger partial charge in [-0.15, -0.1) is 0 Å². The Labute approximate surface area is 125 Å². The van der Waals surface area contributed by atoms with E-state index in [2.05, 4.69) is 17.8 Å². The van der Waals surface area contributed by atoms with E-state index in [1.54, 1.807) is 0 Å². The minimum absolute atomic E-state index is 0.277. The first-order valence-corrected chi connectivity index (χ1v) is 7.24. The third-order valence-corrected chi connectivity index (χ3v) is 3.00. The summed E-state index contributed by atoms with van der Waals surface area (Å²) < 4.78 is 19.1. The summed E-state index contributed by atoms with van der Waals surface area (Å²) >= 11 is 0. The normalized spacial score (nSPS) is 10.4. The van der Waals surface area contributed by atoms with Crippen molar-refractivity contribution in [3.63, 3.8) is 0 Å². The smallest absolute Gasteiger partial charge is 0.127 e. The molecular weight excluding hydrogens is 267 g/mol. The molecule has 2 aromatic rings. The average molecular weight is 288 g/mol. The maximum Gasteiger partial charge on any atom is 0.127 e. The molecule has 4 heteroatoms. The fraction of sp³-hybridized carbons (Fsp3) is 0.294. The van der Waals surface area contributed by atoms with Crippen molar-refractivity contribution in [2.45, 2.75) is 26.3 Å². The van der Waals surface area contributed by atoms with E-state index in [-0.39, 0.29) is 5.82 Å². The van der Waals surface area contributed by atoms with Crippen molar-refractivity contribution >= 4 is 5.69 Å². The van der Waals surface area contributed by atoms with Gasteiger partial charge in [-0.3, -0.25) is 0 Å². The lowest BCUT2D eigenvalue weighted by Gasteiger charge is -2.11. The molecule has 0 atom stereocenters. The Hall–Kier alpha value is -2.07. The summed E-state index contributed by atoms with van der Waals surface area (Å²) in [4.78, 5) is 0. The highest BCUT2D eigenvalue weighted by Gasteiger charge is 2.02. The van der Waals surface area contributed by atoms with E-state index in [1.807, 2.05) is 36.4 Å². The van der Waals surface area contributed by atoms with E-state index in [1.165, 1.54) is 12.1 Å². The maximum atomic E-state index is 13.6. The highest BCUT2D eigenvalue weighted by Crippen LogP contribution is 2.17. The van der Waals surface area contributed by atoms with Crippen molar-refractivity contribution in [2.75, 3.05) is 12.0 Å². The fourth-order valence-corrected chi connectivity index (χ4v) is 1.91. The molecule has 2 aromatic carbocycles. The van der Waals surface area contributed by atoms with Gasteiger partial charge < -0.3 is 10.2 Å². The van der Waals surface area contributed by atoms with Gasteiger partial charge in [-0.1, -0.05) is 31.5 Å². The van der Waals surface area contributed by atoms with Crippen LogP contribution < -0.4 is 15.6 Å². The molecule has 0 bridgehead atoms. The second-order valence-electron chi connectivity index (χ2n) is 4.84. The van der Waals surface area contributed by atoms with E-state index in [0.717, 1.165) is 24.1 Å². The Morgan fingerprint density at radius 2 is 1.90 bits per heavy atom. The summed E-state index contributed by atoms with van der Waals surface area (Å²) in [6.07, 6.45) is 2.03. The number of para-hydroxylation sites is 1. The third-order valence-electron chi connectivity index (χ3n) is 3.00.